The molecule has 19 heavy (non-hydrogen) atoms. The Bertz CT molecular complexity index is 723. The second-order valence-corrected chi connectivity index (χ2v) is 3.84. The van der Waals surface area contributed by atoms with E-state index in [9.17, 15) is 4.79 Å². The maximum absolute atomic E-state index is 10.9. The van der Waals surface area contributed by atoms with E-state index < -0.39 is 5.97 Å². The molecule has 2 aromatic heterocycles. The highest BCUT2D eigenvalue weighted by atomic mass is 16.5. The molecule has 1 N–H and O–H groups in total. The first kappa shape index (κ1) is 12.6. The molecule has 0 amide bonds. The van der Waals surface area contributed by atoms with E-state index >= 15 is 0 Å². The summed E-state index contributed by atoms with van der Waals surface area (Å²) in [5, 5.41) is 17.7. The van der Waals surface area contributed by atoms with E-state index in [1.54, 1.807) is 16.5 Å². The number of imidazole rings is 1. The molecule has 0 bridgehead atoms. The molecule has 0 fully saturated rings. The van der Waals surface area contributed by atoms with E-state index in [2.05, 4.69) is 4.98 Å². The predicted molar refractivity (Wildman–Crippen MR) is 67.7 cm³/mol. The fourth-order valence-corrected chi connectivity index (χ4v) is 1.82. The number of carbonyl (C=O) groups is 1. The van der Waals surface area contributed by atoms with E-state index in [-0.39, 0.29) is 11.5 Å². The first-order valence-corrected chi connectivity index (χ1v) is 5.45. The number of nitriles is 1. The Hall–Kier alpha value is -2.81. The van der Waals surface area contributed by atoms with Crippen molar-refractivity contribution in [3.05, 3.63) is 35.2 Å². The molecule has 0 aliphatic rings. The molecule has 0 saturated carbocycles. The van der Waals surface area contributed by atoms with Crippen LogP contribution in [-0.2, 0) is 4.79 Å². The van der Waals surface area contributed by atoms with E-state index in [0.29, 0.717) is 11.3 Å². The molecule has 0 atom stereocenters. The van der Waals surface area contributed by atoms with Crippen molar-refractivity contribution in [1.82, 2.24) is 9.38 Å². The van der Waals surface area contributed by atoms with Crippen molar-refractivity contribution in [2.45, 2.75) is 6.92 Å². The summed E-state index contributed by atoms with van der Waals surface area (Å²) in [6.45, 7) is 1.86. The van der Waals surface area contributed by atoms with Crippen LogP contribution in [0.25, 0.3) is 11.7 Å². The summed E-state index contributed by atoms with van der Waals surface area (Å²) in [6.07, 6.45) is 1.26. The van der Waals surface area contributed by atoms with Gasteiger partial charge >= 0.3 is 5.97 Å². The second-order valence-electron chi connectivity index (χ2n) is 3.84. The summed E-state index contributed by atoms with van der Waals surface area (Å²) in [6, 6.07) is 7.12. The van der Waals surface area contributed by atoms with Gasteiger partial charge in [0.25, 0.3) is 0 Å². The van der Waals surface area contributed by atoms with Crippen LogP contribution in [0.1, 0.15) is 11.4 Å². The molecule has 0 aromatic carbocycles. The average molecular weight is 257 g/mol. The molecule has 0 spiro atoms. The maximum Gasteiger partial charge on any atom is 0.346 e. The van der Waals surface area contributed by atoms with Gasteiger partial charge in [0.05, 0.1) is 7.11 Å². The highest BCUT2D eigenvalue weighted by Crippen LogP contribution is 2.23. The van der Waals surface area contributed by atoms with Crippen molar-refractivity contribution in [2.24, 2.45) is 0 Å². The Labute approximate surface area is 109 Å². The Balaban J connectivity index is 2.78. The molecule has 2 aromatic rings. The van der Waals surface area contributed by atoms with Crippen LogP contribution in [0.15, 0.2) is 23.8 Å². The molecule has 6 nitrogen and oxygen atoms in total. The quantitative estimate of drug-likeness (QED) is 0.667. The zero-order valence-corrected chi connectivity index (χ0v) is 10.4. The van der Waals surface area contributed by atoms with Gasteiger partial charge in [-0.1, -0.05) is 6.07 Å². The highest BCUT2D eigenvalue weighted by molar-refractivity contribution is 5.96. The number of carboxylic acid groups (broad SMARTS) is 1. The summed E-state index contributed by atoms with van der Waals surface area (Å²) in [7, 11) is 1.45. The smallest absolute Gasteiger partial charge is 0.346 e. The van der Waals surface area contributed by atoms with Crippen LogP contribution in [-0.4, -0.2) is 27.6 Å². The second kappa shape index (κ2) is 4.82. The fourth-order valence-electron chi connectivity index (χ4n) is 1.82. The molecule has 0 aliphatic carbocycles. The van der Waals surface area contributed by atoms with Crippen LogP contribution in [0, 0.1) is 18.3 Å². The number of fused-ring (bicyclic) bond motifs is 1. The van der Waals surface area contributed by atoms with Crippen LogP contribution in [0.2, 0.25) is 0 Å². The number of nitrogens with zero attached hydrogens (tertiary/aromatic N) is 3. The van der Waals surface area contributed by atoms with E-state index in [1.165, 1.54) is 13.2 Å². The molecule has 2 heterocycles. The minimum Gasteiger partial charge on any atom is -0.479 e. The van der Waals surface area contributed by atoms with Crippen LogP contribution in [0.5, 0.6) is 5.88 Å². The van der Waals surface area contributed by atoms with Crippen LogP contribution in [0.4, 0.5) is 0 Å². The number of rotatable bonds is 3. The van der Waals surface area contributed by atoms with Gasteiger partial charge in [0.1, 0.15) is 23.0 Å². The van der Waals surface area contributed by atoms with Crippen molar-refractivity contribution in [2.75, 3.05) is 7.11 Å². The molecular weight excluding hydrogens is 246 g/mol. The number of ether oxygens (including phenoxy) is 1. The van der Waals surface area contributed by atoms with Crippen LogP contribution in [0.3, 0.4) is 0 Å². The number of pyridine rings is 1. The molecule has 96 valence electrons. The molecule has 0 aliphatic heterocycles. The van der Waals surface area contributed by atoms with Crippen molar-refractivity contribution >= 4 is 17.7 Å². The SMILES string of the molecule is COc1nc2cccc(C)n2c1/C=C(\C#N)C(=O)O. The Kier molecular flexibility index (Phi) is 3.21. The monoisotopic (exact) mass is 257 g/mol. The topological polar surface area (TPSA) is 87.6 Å². The van der Waals surface area contributed by atoms with Gasteiger partial charge in [0.15, 0.2) is 0 Å². The maximum atomic E-state index is 10.9. The molecule has 6 heteroatoms. The lowest BCUT2D eigenvalue weighted by Crippen LogP contribution is -2.00. The Morgan fingerprint density at radius 2 is 2.32 bits per heavy atom. The van der Waals surface area contributed by atoms with Gasteiger partial charge in [-0.15, -0.1) is 0 Å². The van der Waals surface area contributed by atoms with Crippen molar-refractivity contribution < 1.29 is 14.6 Å². The normalized spacial score (nSPS) is 11.3. The lowest BCUT2D eigenvalue weighted by molar-refractivity contribution is -0.132. The van der Waals surface area contributed by atoms with Gasteiger partial charge in [-0.2, -0.15) is 10.2 Å². The van der Waals surface area contributed by atoms with E-state index in [4.69, 9.17) is 15.1 Å². The Morgan fingerprint density at radius 1 is 1.58 bits per heavy atom. The summed E-state index contributed by atoms with van der Waals surface area (Å²) in [5.41, 5.74) is 1.56. The third kappa shape index (κ3) is 2.13. The van der Waals surface area contributed by atoms with Crippen LogP contribution < -0.4 is 4.74 Å². The average Bonchev–Trinajstić information content (AvgIpc) is 2.74. The number of hydrogen-bond donors (Lipinski definition) is 1. The van der Waals surface area contributed by atoms with Crippen molar-refractivity contribution in [3.63, 3.8) is 0 Å². The predicted octanol–water partition coefficient (Wildman–Crippen LogP) is 1.64. The lowest BCUT2D eigenvalue weighted by Gasteiger charge is -2.02. The zero-order valence-electron chi connectivity index (χ0n) is 10.4. The molecule has 2 rings (SSSR count). The molecule has 0 radical (unpaired) electrons. The largest absolute Gasteiger partial charge is 0.479 e. The minimum atomic E-state index is -1.28. The summed E-state index contributed by atoms with van der Waals surface area (Å²) < 4.78 is 6.87. The Morgan fingerprint density at radius 3 is 2.89 bits per heavy atom. The summed E-state index contributed by atoms with van der Waals surface area (Å²) in [4.78, 5) is 15.1. The van der Waals surface area contributed by atoms with Gasteiger partial charge in [0.2, 0.25) is 5.88 Å². The third-order valence-corrected chi connectivity index (χ3v) is 2.67. The van der Waals surface area contributed by atoms with Gasteiger partial charge in [-0.05, 0) is 25.1 Å². The summed E-state index contributed by atoms with van der Waals surface area (Å²) in [5.74, 6) is -1.00. The zero-order chi connectivity index (χ0) is 14.0. The molecule has 0 unspecified atom stereocenters. The number of aromatic nitrogens is 2. The third-order valence-electron chi connectivity index (χ3n) is 2.67. The van der Waals surface area contributed by atoms with Crippen LogP contribution >= 0.6 is 0 Å². The van der Waals surface area contributed by atoms with E-state index in [1.807, 2.05) is 19.1 Å². The number of carboxylic acids is 1. The lowest BCUT2D eigenvalue weighted by atomic mass is 10.2. The van der Waals surface area contributed by atoms with Gasteiger partial charge in [-0.25, -0.2) is 4.79 Å². The molecular formula is C13H11N3O3. The fraction of sp³-hybridized carbons (Fsp3) is 0.154. The van der Waals surface area contributed by atoms with Gasteiger partial charge in [-0.3, -0.25) is 4.40 Å². The van der Waals surface area contributed by atoms with Gasteiger partial charge < -0.3 is 9.84 Å². The van der Waals surface area contributed by atoms with Crippen molar-refractivity contribution in [1.29, 1.82) is 5.26 Å². The number of aryl methyl sites for hydroxylation is 1. The van der Waals surface area contributed by atoms with Crippen molar-refractivity contribution in [3.8, 4) is 11.9 Å². The number of hydrogen-bond acceptors (Lipinski definition) is 4. The minimum absolute atomic E-state index is 0.281. The number of methoxy groups -OCH3 is 1. The van der Waals surface area contributed by atoms with Gasteiger partial charge in [0, 0.05) is 5.69 Å². The first-order valence-electron chi connectivity index (χ1n) is 5.45. The first-order chi connectivity index (χ1) is 9.08. The molecule has 0 saturated heterocycles. The summed E-state index contributed by atoms with van der Waals surface area (Å²) >= 11 is 0. The highest BCUT2D eigenvalue weighted by Gasteiger charge is 2.15. The number of aliphatic carboxylic acids is 1. The standard InChI is InChI=1S/C13H11N3O3/c1-8-4-3-5-11-15-12(19-2)10(16(8)11)6-9(7-14)13(17)18/h3-6H,1-2H3,(H,17,18)/b9-6+. The van der Waals surface area contributed by atoms with E-state index in [0.717, 1.165) is 5.69 Å².